The van der Waals surface area contributed by atoms with Crippen LogP contribution in [-0.4, -0.2) is 28.2 Å². The summed E-state index contributed by atoms with van der Waals surface area (Å²) < 4.78 is 6.53. The second-order valence-corrected chi connectivity index (χ2v) is 12.3. The minimum atomic E-state index is -0.659. The van der Waals surface area contributed by atoms with Gasteiger partial charge in [-0.1, -0.05) is 0 Å². The molecule has 0 saturated heterocycles. The number of nitrogens with zero attached hydrogens (tertiary/aromatic N) is 1. The zero-order valence-corrected chi connectivity index (χ0v) is 19.5. The van der Waals surface area contributed by atoms with E-state index < -0.39 is 10.7 Å². The van der Waals surface area contributed by atoms with Crippen LogP contribution < -0.4 is 4.74 Å². The fourth-order valence-electron chi connectivity index (χ4n) is 9.03. The third-order valence-electron chi connectivity index (χ3n) is 9.70. The highest BCUT2D eigenvalue weighted by molar-refractivity contribution is 5.81. The molecule has 5 fully saturated rings. The van der Waals surface area contributed by atoms with Crippen molar-refractivity contribution in [2.24, 2.45) is 23.2 Å². The Kier molecular flexibility index (Phi) is 4.41. The number of phenolic OH excluding ortho intramolecular Hbond substituents is 1. The minimum Gasteiger partial charge on any atom is -0.508 e. The van der Waals surface area contributed by atoms with Gasteiger partial charge in [-0.05, 0) is 99.2 Å². The molecule has 7 rings (SSSR count). The molecule has 5 saturated carbocycles. The maximum atomic E-state index is 12.3. The maximum absolute atomic E-state index is 12.3. The Balaban J connectivity index is 1.40. The first-order valence-electron chi connectivity index (χ1n) is 12.4. The molecular weight excluding hydrogens is 422 g/mol. The summed E-state index contributed by atoms with van der Waals surface area (Å²) in [4.78, 5) is 28.2. The molecule has 4 bridgehead atoms. The Morgan fingerprint density at radius 3 is 2.64 bits per heavy atom. The summed E-state index contributed by atoms with van der Waals surface area (Å²) in [7, 11) is 0. The normalized spacial score (nSPS) is 40.0. The first kappa shape index (κ1) is 21.2. The Morgan fingerprint density at radius 2 is 1.94 bits per heavy atom. The molecule has 1 heterocycles. The molecule has 1 aliphatic heterocycles. The maximum Gasteiger partial charge on any atom is 0.294 e. The van der Waals surface area contributed by atoms with Crippen LogP contribution in [0.15, 0.2) is 12.1 Å². The summed E-state index contributed by atoms with van der Waals surface area (Å²) >= 11 is 0. The number of ketones is 1. The van der Waals surface area contributed by atoms with Crippen molar-refractivity contribution >= 4 is 5.78 Å². The average Bonchev–Trinajstić information content (AvgIpc) is 2.70. The molecule has 0 aromatic heterocycles. The molecule has 178 valence electrons. The fourth-order valence-corrected chi connectivity index (χ4v) is 9.03. The summed E-state index contributed by atoms with van der Waals surface area (Å²) in [5.41, 5.74) is 1.22. The van der Waals surface area contributed by atoms with Gasteiger partial charge < -0.3 is 14.7 Å². The second kappa shape index (κ2) is 6.86. The number of fused-ring (bicyclic) bond motifs is 3. The van der Waals surface area contributed by atoms with Crippen LogP contribution in [0, 0.1) is 33.3 Å². The van der Waals surface area contributed by atoms with Crippen LogP contribution in [0.2, 0.25) is 0 Å². The number of carbonyl (C=O) groups excluding carboxylic acids is 1. The van der Waals surface area contributed by atoms with Gasteiger partial charge in [-0.2, -0.15) is 0 Å². The van der Waals surface area contributed by atoms with Gasteiger partial charge in [0.25, 0.3) is 5.09 Å². The molecule has 33 heavy (non-hydrogen) atoms. The average molecular weight is 456 g/mol. The van der Waals surface area contributed by atoms with Gasteiger partial charge in [-0.15, -0.1) is 10.1 Å². The second-order valence-electron chi connectivity index (χ2n) is 12.3. The van der Waals surface area contributed by atoms with Crippen LogP contribution in [-0.2, 0) is 15.0 Å². The number of hydrogen-bond donors (Lipinski definition) is 1. The largest absolute Gasteiger partial charge is 0.508 e. The quantitative estimate of drug-likeness (QED) is 0.503. The zero-order valence-electron chi connectivity index (χ0n) is 19.5. The molecule has 0 spiro atoms. The lowest BCUT2D eigenvalue weighted by molar-refractivity contribution is -0.761. The highest BCUT2D eigenvalue weighted by Gasteiger charge is 2.59. The molecule has 1 aromatic rings. The third kappa shape index (κ3) is 3.25. The number of hydrogen-bond acceptors (Lipinski definition) is 6. The van der Waals surface area contributed by atoms with Crippen LogP contribution in [0.3, 0.4) is 0 Å². The van der Waals surface area contributed by atoms with Gasteiger partial charge in [0.05, 0.1) is 0 Å². The van der Waals surface area contributed by atoms with Crippen LogP contribution in [0.25, 0.3) is 0 Å². The topological polar surface area (TPSA) is 98.9 Å². The molecule has 1 aromatic carbocycles. The van der Waals surface area contributed by atoms with Crippen molar-refractivity contribution < 1.29 is 24.6 Å². The van der Waals surface area contributed by atoms with Crippen molar-refractivity contribution in [3.63, 3.8) is 0 Å². The summed E-state index contributed by atoms with van der Waals surface area (Å²) in [5.74, 6) is 2.51. The highest BCUT2D eigenvalue weighted by atomic mass is 16.9. The van der Waals surface area contributed by atoms with Crippen LogP contribution >= 0.6 is 0 Å². The summed E-state index contributed by atoms with van der Waals surface area (Å²) in [6, 6.07) is 4.05. The Bertz CT molecular complexity index is 1020. The number of Topliss-reactive ketones (excluding diaryl/α,β-unsaturated/α-hetero) is 1. The standard InChI is InChI=1S/C26H33NO6/c1-24(2)20-4-3-18(28)8-19(20)23-21(29)6-17(7-22(23)33-24)26-11-15-5-16(12-26)10-25(9-15,13-26)14-32-27(30)31/h6-7,15-16,19-20,29H,3-5,8-14H2,1-2H3/t15?,16?,19?,20-,25-,26-/m1/s1. The van der Waals surface area contributed by atoms with E-state index in [0.717, 1.165) is 55.4 Å². The predicted octanol–water partition coefficient (Wildman–Crippen LogP) is 5.06. The lowest BCUT2D eigenvalue weighted by Gasteiger charge is -2.62. The molecular formula is C26H33NO6. The third-order valence-corrected chi connectivity index (χ3v) is 9.70. The first-order chi connectivity index (χ1) is 15.6. The van der Waals surface area contributed by atoms with E-state index in [-0.39, 0.29) is 40.8 Å². The van der Waals surface area contributed by atoms with E-state index in [9.17, 15) is 20.0 Å². The Morgan fingerprint density at radius 1 is 1.21 bits per heavy atom. The number of ether oxygens (including phenoxy) is 1. The van der Waals surface area contributed by atoms with E-state index in [1.165, 1.54) is 6.42 Å². The number of aromatic hydroxyl groups is 1. The predicted molar refractivity (Wildman–Crippen MR) is 120 cm³/mol. The number of carbonyl (C=O) groups is 1. The lowest BCUT2D eigenvalue weighted by Crippen LogP contribution is -2.55. The van der Waals surface area contributed by atoms with Crippen molar-refractivity contribution in [1.82, 2.24) is 0 Å². The molecule has 6 aliphatic rings. The lowest BCUT2D eigenvalue weighted by atomic mass is 9.43. The monoisotopic (exact) mass is 455 g/mol. The summed E-state index contributed by atoms with van der Waals surface area (Å²) in [6.07, 6.45) is 7.98. The van der Waals surface area contributed by atoms with Crippen molar-refractivity contribution in [3.05, 3.63) is 33.4 Å². The Labute approximate surface area is 193 Å². The number of phenols is 1. The van der Waals surface area contributed by atoms with Crippen molar-refractivity contribution in [1.29, 1.82) is 0 Å². The van der Waals surface area contributed by atoms with E-state index in [0.29, 0.717) is 24.7 Å². The van der Waals surface area contributed by atoms with Crippen LogP contribution in [0.4, 0.5) is 0 Å². The number of rotatable bonds is 4. The van der Waals surface area contributed by atoms with Crippen LogP contribution in [0.1, 0.15) is 88.7 Å². The highest BCUT2D eigenvalue weighted by Crippen LogP contribution is 2.66. The van der Waals surface area contributed by atoms with Crippen molar-refractivity contribution in [3.8, 4) is 11.5 Å². The fraction of sp³-hybridized carbons (Fsp3) is 0.731. The van der Waals surface area contributed by atoms with Gasteiger partial charge in [0.1, 0.15) is 29.5 Å². The van der Waals surface area contributed by atoms with E-state index in [1.807, 2.05) is 6.07 Å². The van der Waals surface area contributed by atoms with Gasteiger partial charge >= 0.3 is 0 Å². The molecule has 7 heteroatoms. The van der Waals surface area contributed by atoms with Crippen LogP contribution in [0.5, 0.6) is 11.5 Å². The van der Waals surface area contributed by atoms with Gasteiger partial charge in [-0.3, -0.25) is 4.79 Å². The van der Waals surface area contributed by atoms with E-state index in [2.05, 4.69) is 19.9 Å². The Hall–Kier alpha value is -2.31. The molecule has 7 nitrogen and oxygen atoms in total. The molecule has 0 amide bonds. The molecule has 3 unspecified atom stereocenters. The molecule has 1 N–H and O–H groups in total. The molecule has 0 radical (unpaired) electrons. The van der Waals surface area contributed by atoms with Gasteiger partial charge in [0.15, 0.2) is 0 Å². The van der Waals surface area contributed by atoms with Gasteiger partial charge in [0, 0.05) is 30.2 Å². The number of benzene rings is 1. The molecule has 4 atom stereocenters. The van der Waals surface area contributed by atoms with E-state index >= 15 is 0 Å². The smallest absolute Gasteiger partial charge is 0.294 e. The molecule has 5 aliphatic carbocycles. The minimum absolute atomic E-state index is 0.00440. The van der Waals surface area contributed by atoms with Gasteiger partial charge in [-0.25, -0.2) is 0 Å². The summed E-state index contributed by atoms with van der Waals surface area (Å²) in [6.45, 7) is 4.37. The first-order valence-corrected chi connectivity index (χ1v) is 12.4. The van der Waals surface area contributed by atoms with Crippen molar-refractivity contribution in [2.45, 2.75) is 88.6 Å². The van der Waals surface area contributed by atoms with E-state index in [1.54, 1.807) is 0 Å². The van der Waals surface area contributed by atoms with E-state index in [4.69, 9.17) is 9.57 Å². The van der Waals surface area contributed by atoms with Crippen molar-refractivity contribution in [2.75, 3.05) is 6.61 Å². The van der Waals surface area contributed by atoms with Gasteiger partial charge in [0.2, 0.25) is 0 Å². The zero-order chi connectivity index (χ0) is 23.2. The summed E-state index contributed by atoms with van der Waals surface area (Å²) in [5, 5.41) is 21.6. The SMILES string of the molecule is CC1(C)Oc2cc([C@]34CC5CC(C[C@@](CO[N+](=O)[O-])(C5)C3)C4)cc(O)c2C2CC(=O)CC[C@H]21.